The van der Waals surface area contributed by atoms with Crippen LogP contribution in [-0.2, 0) is 11.2 Å². The van der Waals surface area contributed by atoms with E-state index >= 15 is 0 Å². The van der Waals surface area contributed by atoms with Crippen molar-refractivity contribution < 1.29 is 15.0 Å². The first kappa shape index (κ1) is 13.4. The summed E-state index contributed by atoms with van der Waals surface area (Å²) in [4.78, 5) is 12.5. The molecular weight excluding hydrogens is 252 g/mol. The summed E-state index contributed by atoms with van der Waals surface area (Å²) in [7, 11) is 0. The van der Waals surface area contributed by atoms with E-state index in [1.807, 2.05) is 19.1 Å². The van der Waals surface area contributed by atoms with Crippen LogP contribution in [0, 0.1) is 11.3 Å². The lowest BCUT2D eigenvalue weighted by Crippen LogP contribution is -2.32. The average molecular weight is 272 g/mol. The van der Waals surface area contributed by atoms with E-state index in [-0.39, 0.29) is 29.5 Å². The van der Waals surface area contributed by atoms with Crippen molar-refractivity contribution >= 4 is 11.4 Å². The molecule has 3 rings (SSSR count). The highest BCUT2D eigenvalue weighted by molar-refractivity contribution is 6.07. The summed E-state index contributed by atoms with van der Waals surface area (Å²) >= 11 is 0. The van der Waals surface area contributed by atoms with Gasteiger partial charge in [-0.3, -0.25) is 4.79 Å². The zero-order valence-corrected chi connectivity index (χ0v) is 11.9. The van der Waals surface area contributed by atoms with Crippen molar-refractivity contribution in [3.05, 3.63) is 34.9 Å². The van der Waals surface area contributed by atoms with Crippen LogP contribution in [0.2, 0.25) is 0 Å². The highest BCUT2D eigenvalue weighted by atomic mass is 16.3. The van der Waals surface area contributed by atoms with Gasteiger partial charge in [-0.1, -0.05) is 13.0 Å². The van der Waals surface area contributed by atoms with Gasteiger partial charge in [-0.2, -0.15) is 0 Å². The van der Waals surface area contributed by atoms with Gasteiger partial charge in [0, 0.05) is 12.5 Å². The molecule has 3 nitrogen and oxygen atoms in total. The normalized spacial score (nSPS) is 28.6. The first-order valence-electron chi connectivity index (χ1n) is 7.15. The Balaban J connectivity index is 2.13. The molecule has 0 radical (unpaired) electrons. The number of aromatic hydroxyl groups is 1. The Hall–Kier alpha value is -1.61. The average Bonchev–Trinajstić information content (AvgIpc) is 2.67. The van der Waals surface area contributed by atoms with Crippen molar-refractivity contribution in [1.82, 2.24) is 0 Å². The summed E-state index contributed by atoms with van der Waals surface area (Å²) in [5.74, 6) is 0.381. The molecule has 1 aromatic rings. The lowest BCUT2D eigenvalue weighted by atomic mass is 9.66. The zero-order valence-electron chi connectivity index (χ0n) is 11.9. The van der Waals surface area contributed by atoms with Crippen molar-refractivity contribution in [2.45, 2.75) is 33.1 Å². The lowest BCUT2D eigenvalue weighted by molar-refractivity contribution is -0.121. The molecule has 0 spiro atoms. The predicted molar refractivity (Wildman–Crippen MR) is 77.3 cm³/mol. The predicted octanol–water partition coefficient (Wildman–Crippen LogP) is 2.70. The number of carbonyl (C=O) groups is 1. The molecule has 0 unspecified atom stereocenters. The van der Waals surface area contributed by atoms with Gasteiger partial charge in [-0.05, 0) is 66.0 Å². The van der Waals surface area contributed by atoms with Crippen LogP contribution in [0.1, 0.15) is 37.8 Å². The van der Waals surface area contributed by atoms with Gasteiger partial charge in [0.1, 0.15) is 5.75 Å². The molecule has 0 bridgehead atoms. The first-order chi connectivity index (χ1) is 9.46. The number of hydrogen-bond acceptors (Lipinski definition) is 3. The molecule has 106 valence electrons. The van der Waals surface area contributed by atoms with Gasteiger partial charge in [0.25, 0.3) is 0 Å². The second-order valence-electron chi connectivity index (χ2n) is 6.36. The number of phenols is 1. The molecule has 0 saturated heterocycles. The Morgan fingerprint density at radius 3 is 2.85 bits per heavy atom. The second kappa shape index (κ2) is 4.45. The maximum atomic E-state index is 12.5. The second-order valence-corrected chi connectivity index (χ2v) is 6.36. The van der Waals surface area contributed by atoms with Crippen molar-refractivity contribution in [3.8, 4) is 5.75 Å². The fourth-order valence-electron chi connectivity index (χ4n) is 4.09. The third-order valence-electron chi connectivity index (χ3n) is 4.83. The van der Waals surface area contributed by atoms with Crippen LogP contribution >= 0.6 is 0 Å². The standard InChI is InChI=1S/C17H20O3/c1-10-15-14-4-3-13(19)7-12(14)9-17(15,2)8-11(5-6-18)16(10)20/h3-4,7,11,18-19H,5-6,8-9H2,1-2H3/t11-,17-/m0/s1. The van der Waals surface area contributed by atoms with Crippen LogP contribution in [0.4, 0.5) is 0 Å². The molecule has 2 atom stereocenters. The van der Waals surface area contributed by atoms with Gasteiger partial charge in [0.15, 0.2) is 5.78 Å². The van der Waals surface area contributed by atoms with Gasteiger partial charge >= 0.3 is 0 Å². The van der Waals surface area contributed by atoms with E-state index in [2.05, 4.69) is 6.92 Å². The molecule has 1 aromatic carbocycles. The molecule has 3 heteroatoms. The first-order valence-corrected chi connectivity index (χ1v) is 7.15. The summed E-state index contributed by atoms with van der Waals surface area (Å²) in [6.07, 6.45) is 2.19. The molecule has 0 aliphatic heterocycles. The molecule has 20 heavy (non-hydrogen) atoms. The Labute approximate surface area is 118 Å². The summed E-state index contributed by atoms with van der Waals surface area (Å²) in [5.41, 5.74) is 4.17. The molecule has 0 amide bonds. The highest BCUT2D eigenvalue weighted by Crippen LogP contribution is 2.55. The van der Waals surface area contributed by atoms with Gasteiger partial charge in [-0.25, -0.2) is 0 Å². The number of fused-ring (bicyclic) bond motifs is 3. The van der Waals surface area contributed by atoms with Gasteiger partial charge in [-0.15, -0.1) is 0 Å². The quantitative estimate of drug-likeness (QED) is 0.870. The molecular formula is C17H20O3. The number of ketones is 1. The number of benzene rings is 1. The monoisotopic (exact) mass is 272 g/mol. The van der Waals surface area contributed by atoms with E-state index in [1.165, 1.54) is 0 Å². The maximum Gasteiger partial charge on any atom is 0.162 e. The number of aliphatic hydroxyl groups is 1. The molecule has 0 fully saturated rings. The Morgan fingerprint density at radius 1 is 1.40 bits per heavy atom. The van der Waals surface area contributed by atoms with Crippen LogP contribution < -0.4 is 0 Å². The van der Waals surface area contributed by atoms with Crippen LogP contribution in [-0.4, -0.2) is 22.6 Å². The van der Waals surface area contributed by atoms with Crippen LogP contribution in [0.25, 0.3) is 5.57 Å². The van der Waals surface area contributed by atoms with Gasteiger partial charge in [0.2, 0.25) is 0 Å². The van der Waals surface area contributed by atoms with Crippen LogP contribution in [0.3, 0.4) is 0 Å². The van der Waals surface area contributed by atoms with Crippen LogP contribution in [0.5, 0.6) is 5.75 Å². The van der Waals surface area contributed by atoms with E-state index in [4.69, 9.17) is 5.11 Å². The van der Waals surface area contributed by atoms with Crippen molar-refractivity contribution in [2.75, 3.05) is 6.61 Å². The Morgan fingerprint density at radius 2 is 2.15 bits per heavy atom. The Kier molecular flexibility index (Phi) is 2.98. The summed E-state index contributed by atoms with van der Waals surface area (Å²) in [6, 6.07) is 5.42. The Bertz CT molecular complexity index is 615. The minimum Gasteiger partial charge on any atom is -0.508 e. The lowest BCUT2D eigenvalue weighted by Gasteiger charge is -2.36. The molecule has 2 aliphatic rings. The molecule has 0 heterocycles. The highest BCUT2D eigenvalue weighted by Gasteiger charge is 2.46. The number of allylic oxidation sites excluding steroid dienone is 2. The number of carbonyl (C=O) groups excluding carboxylic acids is 1. The molecule has 2 N–H and O–H groups in total. The molecule has 2 aliphatic carbocycles. The third kappa shape index (κ3) is 1.80. The summed E-state index contributed by atoms with van der Waals surface area (Å²) in [6.45, 7) is 4.16. The number of phenolic OH excluding ortho intramolecular Hbond substituents is 1. The smallest absolute Gasteiger partial charge is 0.162 e. The number of hydrogen-bond donors (Lipinski definition) is 2. The van der Waals surface area contributed by atoms with Crippen LogP contribution in [0.15, 0.2) is 23.8 Å². The van der Waals surface area contributed by atoms with E-state index in [9.17, 15) is 9.90 Å². The van der Waals surface area contributed by atoms with E-state index in [0.29, 0.717) is 6.42 Å². The third-order valence-corrected chi connectivity index (χ3v) is 4.83. The number of rotatable bonds is 2. The van der Waals surface area contributed by atoms with Crippen molar-refractivity contribution in [3.63, 3.8) is 0 Å². The van der Waals surface area contributed by atoms with Gasteiger partial charge in [0.05, 0.1) is 0 Å². The van der Waals surface area contributed by atoms with Crippen molar-refractivity contribution in [1.29, 1.82) is 0 Å². The topological polar surface area (TPSA) is 57.5 Å². The summed E-state index contributed by atoms with van der Waals surface area (Å²) < 4.78 is 0. The van der Waals surface area contributed by atoms with E-state index in [0.717, 1.165) is 35.1 Å². The fraction of sp³-hybridized carbons (Fsp3) is 0.471. The summed E-state index contributed by atoms with van der Waals surface area (Å²) in [5, 5.41) is 18.8. The number of aliphatic hydroxyl groups excluding tert-OH is 1. The number of Topliss-reactive ketones (excluding diaryl/α,β-unsaturated/α-hetero) is 1. The molecule has 0 saturated carbocycles. The van der Waals surface area contributed by atoms with E-state index in [1.54, 1.807) is 6.07 Å². The fourth-order valence-corrected chi connectivity index (χ4v) is 4.09. The maximum absolute atomic E-state index is 12.5. The minimum absolute atomic E-state index is 0.0477. The minimum atomic E-state index is -0.0725. The molecule has 0 aromatic heterocycles. The van der Waals surface area contributed by atoms with Crippen molar-refractivity contribution in [2.24, 2.45) is 11.3 Å². The van der Waals surface area contributed by atoms with E-state index < -0.39 is 0 Å². The van der Waals surface area contributed by atoms with Gasteiger partial charge < -0.3 is 10.2 Å². The SMILES string of the molecule is CC1=C2c3ccc(O)cc3C[C@]2(C)C[C@H](CCO)C1=O. The zero-order chi connectivity index (χ0) is 14.5. The largest absolute Gasteiger partial charge is 0.508 e.